The topological polar surface area (TPSA) is 81.6 Å². The van der Waals surface area contributed by atoms with E-state index >= 15 is 0 Å². The lowest BCUT2D eigenvalue weighted by Gasteiger charge is -2.22. The molecule has 2 N–H and O–H groups in total. The molecule has 0 radical (unpaired) electrons. The normalized spacial score (nSPS) is 12.5. The molecule has 1 atom stereocenters. The van der Waals surface area contributed by atoms with Crippen molar-refractivity contribution in [3.63, 3.8) is 0 Å². The fraction of sp³-hybridized carbons (Fsp3) is 0.387. The first-order valence-corrected chi connectivity index (χ1v) is 13.1. The van der Waals surface area contributed by atoms with Gasteiger partial charge in [0, 0.05) is 69.1 Å². The van der Waals surface area contributed by atoms with Gasteiger partial charge >= 0.3 is 0 Å². The van der Waals surface area contributed by atoms with Crippen LogP contribution in [-0.4, -0.2) is 78.7 Å². The van der Waals surface area contributed by atoms with Crippen LogP contribution in [-0.2, 0) is 0 Å². The Kier molecular flexibility index (Phi) is 10.6. The number of aromatic nitrogens is 2. The van der Waals surface area contributed by atoms with E-state index in [1.807, 2.05) is 62.8 Å². The van der Waals surface area contributed by atoms with Crippen LogP contribution in [0.2, 0.25) is 0 Å². The number of aliphatic hydroxyl groups is 1. The van der Waals surface area contributed by atoms with E-state index in [-0.39, 0.29) is 18.4 Å². The van der Waals surface area contributed by atoms with Crippen LogP contribution in [0.3, 0.4) is 0 Å². The highest BCUT2D eigenvalue weighted by atomic mass is 16.3. The Bertz CT molecular complexity index is 1220. The molecular formula is C31H41N5O2. The predicted molar refractivity (Wildman–Crippen MR) is 156 cm³/mol. The molecule has 7 heteroatoms. The largest absolute Gasteiger partial charge is 0.396 e. The number of hydrogen-bond donors (Lipinski definition) is 2. The van der Waals surface area contributed by atoms with Crippen molar-refractivity contribution >= 4 is 17.8 Å². The quantitative estimate of drug-likeness (QED) is 0.350. The van der Waals surface area contributed by atoms with Gasteiger partial charge in [-0.2, -0.15) is 0 Å². The Balaban J connectivity index is 1.68. The van der Waals surface area contributed by atoms with Crippen molar-refractivity contribution in [1.29, 1.82) is 0 Å². The van der Waals surface area contributed by atoms with Gasteiger partial charge in [-0.3, -0.25) is 9.78 Å². The second-order valence-electron chi connectivity index (χ2n) is 10.1. The van der Waals surface area contributed by atoms with Crippen LogP contribution in [0.4, 0.5) is 5.82 Å². The molecule has 0 aliphatic carbocycles. The van der Waals surface area contributed by atoms with E-state index in [1.165, 1.54) is 5.57 Å². The molecule has 0 spiro atoms. The molecule has 0 saturated carbocycles. The van der Waals surface area contributed by atoms with Crippen molar-refractivity contribution in [2.45, 2.75) is 32.6 Å². The Morgan fingerprint density at radius 1 is 1.05 bits per heavy atom. The summed E-state index contributed by atoms with van der Waals surface area (Å²) in [5, 5.41) is 12.7. The van der Waals surface area contributed by atoms with Gasteiger partial charge in [0.05, 0.1) is 0 Å². The zero-order chi connectivity index (χ0) is 27.7. The maximum Gasteiger partial charge on any atom is 0.253 e. The number of carbonyl (C=O) groups is 1. The highest BCUT2D eigenvalue weighted by molar-refractivity contribution is 5.93. The zero-order valence-electron chi connectivity index (χ0n) is 23.5. The number of hydrogen-bond acceptors (Lipinski definition) is 6. The summed E-state index contributed by atoms with van der Waals surface area (Å²) in [6.07, 6.45) is 7.59. The van der Waals surface area contributed by atoms with Crippen molar-refractivity contribution < 1.29 is 9.90 Å². The van der Waals surface area contributed by atoms with Crippen molar-refractivity contribution in [3.8, 4) is 11.1 Å². The average Bonchev–Trinajstić information content (AvgIpc) is 2.91. The van der Waals surface area contributed by atoms with Crippen LogP contribution in [0.25, 0.3) is 17.2 Å². The number of aliphatic hydroxyl groups excluding tert-OH is 1. The minimum atomic E-state index is -0.00416. The smallest absolute Gasteiger partial charge is 0.253 e. The Hall–Kier alpha value is -3.55. The molecule has 0 aliphatic rings. The molecule has 0 bridgehead atoms. The van der Waals surface area contributed by atoms with Gasteiger partial charge in [-0.25, -0.2) is 4.98 Å². The summed E-state index contributed by atoms with van der Waals surface area (Å²) >= 11 is 0. The first-order chi connectivity index (χ1) is 18.2. The minimum Gasteiger partial charge on any atom is -0.396 e. The van der Waals surface area contributed by atoms with Crippen LogP contribution >= 0.6 is 0 Å². The van der Waals surface area contributed by atoms with E-state index < -0.39 is 0 Å². The van der Waals surface area contributed by atoms with Gasteiger partial charge < -0.3 is 20.2 Å². The third-order valence-corrected chi connectivity index (χ3v) is 6.80. The molecule has 2 heterocycles. The lowest BCUT2D eigenvalue weighted by atomic mass is 9.91. The lowest BCUT2D eigenvalue weighted by molar-refractivity contribution is 0.0827. The maximum atomic E-state index is 12.2. The fourth-order valence-corrected chi connectivity index (χ4v) is 4.68. The van der Waals surface area contributed by atoms with E-state index in [1.54, 1.807) is 19.0 Å². The molecule has 0 fully saturated rings. The summed E-state index contributed by atoms with van der Waals surface area (Å²) in [5.74, 6) is 1.07. The highest BCUT2D eigenvalue weighted by Gasteiger charge is 2.15. The van der Waals surface area contributed by atoms with Crippen LogP contribution in [0.5, 0.6) is 0 Å². The van der Waals surface area contributed by atoms with Crippen molar-refractivity contribution in [2.75, 3.05) is 53.2 Å². The molecule has 1 aromatic carbocycles. The number of benzene rings is 1. The molecular weight excluding hydrogens is 474 g/mol. The van der Waals surface area contributed by atoms with E-state index in [0.717, 1.165) is 53.3 Å². The van der Waals surface area contributed by atoms with E-state index in [2.05, 4.69) is 46.3 Å². The standard InChI is InChI=1S/C31H41N5O2/c1-22(19-29-23(2)33-16-13-28(29)27-11-12-30(32-3)34-20-27)21-36(6)17-14-25(15-18-37)24-7-9-26(10-8-24)31(38)35(4)5/h7-13,16,19-20,25,37H,14-15,17-18,21H2,1-6H3,(H,32,34)/b22-19+. The molecule has 0 aliphatic heterocycles. The number of carbonyl (C=O) groups excluding carboxylic acids is 1. The van der Waals surface area contributed by atoms with Crippen LogP contribution < -0.4 is 5.32 Å². The first kappa shape index (κ1) is 29.0. The molecule has 1 unspecified atom stereocenters. The van der Waals surface area contributed by atoms with Gasteiger partial charge in [0.1, 0.15) is 5.82 Å². The maximum absolute atomic E-state index is 12.2. The van der Waals surface area contributed by atoms with Crippen molar-refractivity contribution in [3.05, 3.63) is 82.8 Å². The van der Waals surface area contributed by atoms with Gasteiger partial charge in [-0.15, -0.1) is 0 Å². The molecule has 7 nitrogen and oxygen atoms in total. The molecule has 1 amide bonds. The third kappa shape index (κ3) is 7.73. The fourth-order valence-electron chi connectivity index (χ4n) is 4.68. The Labute approximate surface area is 227 Å². The number of pyridine rings is 2. The number of rotatable bonds is 12. The van der Waals surface area contributed by atoms with Gasteiger partial charge in [0.2, 0.25) is 0 Å². The zero-order valence-corrected chi connectivity index (χ0v) is 23.5. The molecule has 202 valence electrons. The second kappa shape index (κ2) is 13.8. The summed E-state index contributed by atoms with van der Waals surface area (Å²) in [6.45, 7) is 6.05. The van der Waals surface area contributed by atoms with Crippen molar-refractivity contribution in [2.24, 2.45) is 0 Å². The summed E-state index contributed by atoms with van der Waals surface area (Å²) in [4.78, 5) is 25.1. The van der Waals surface area contributed by atoms with Gasteiger partial charge in [-0.05, 0) is 87.7 Å². The van der Waals surface area contributed by atoms with Crippen LogP contribution in [0.15, 0.2) is 60.4 Å². The molecule has 2 aromatic heterocycles. The number of likely N-dealkylation sites (N-methyl/N-ethyl adjacent to an activating group) is 1. The van der Waals surface area contributed by atoms with E-state index in [0.29, 0.717) is 12.0 Å². The van der Waals surface area contributed by atoms with Gasteiger partial charge in [0.25, 0.3) is 5.91 Å². The number of aryl methyl sites for hydroxylation is 1. The number of amides is 1. The summed E-state index contributed by atoms with van der Waals surface area (Å²) in [5.41, 5.74) is 7.36. The monoisotopic (exact) mass is 515 g/mol. The minimum absolute atomic E-state index is 0.00416. The predicted octanol–water partition coefficient (Wildman–Crippen LogP) is 5.09. The summed E-state index contributed by atoms with van der Waals surface area (Å²) < 4.78 is 0. The Morgan fingerprint density at radius 3 is 2.39 bits per heavy atom. The Morgan fingerprint density at radius 2 is 1.79 bits per heavy atom. The molecule has 3 rings (SSSR count). The van der Waals surface area contributed by atoms with Gasteiger partial charge in [0.15, 0.2) is 0 Å². The number of nitrogens with one attached hydrogen (secondary N) is 1. The number of anilines is 1. The van der Waals surface area contributed by atoms with E-state index in [4.69, 9.17) is 0 Å². The third-order valence-electron chi connectivity index (χ3n) is 6.80. The number of nitrogens with zero attached hydrogens (tertiary/aromatic N) is 4. The lowest BCUT2D eigenvalue weighted by Crippen LogP contribution is -2.23. The van der Waals surface area contributed by atoms with Crippen LogP contribution in [0.1, 0.15) is 52.9 Å². The average molecular weight is 516 g/mol. The summed E-state index contributed by atoms with van der Waals surface area (Å²) in [6, 6.07) is 13.9. The highest BCUT2D eigenvalue weighted by Crippen LogP contribution is 2.28. The van der Waals surface area contributed by atoms with Crippen LogP contribution in [0, 0.1) is 6.92 Å². The second-order valence-corrected chi connectivity index (χ2v) is 10.1. The van der Waals surface area contributed by atoms with Gasteiger partial charge in [-0.1, -0.05) is 23.8 Å². The SMILES string of the molecule is CNc1ccc(-c2ccnc(C)c2/C=C(\C)CN(C)CCC(CCO)c2ccc(C(=O)N(C)C)cc2)cn1. The molecule has 3 aromatic rings. The van der Waals surface area contributed by atoms with Crippen molar-refractivity contribution in [1.82, 2.24) is 19.8 Å². The van der Waals surface area contributed by atoms with E-state index in [9.17, 15) is 9.90 Å². The summed E-state index contributed by atoms with van der Waals surface area (Å²) in [7, 11) is 7.50. The molecule has 0 saturated heterocycles. The molecule has 38 heavy (non-hydrogen) atoms. The first-order valence-electron chi connectivity index (χ1n) is 13.1.